The highest BCUT2D eigenvalue weighted by atomic mass is 35.5. The van der Waals surface area contributed by atoms with Gasteiger partial charge in [0.05, 0.1) is 12.9 Å². The van der Waals surface area contributed by atoms with Gasteiger partial charge in [-0.25, -0.2) is 15.0 Å². The van der Waals surface area contributed by atoms with Gasteiger partial charge in [-0.3, -0.25) is 0 Å². The molecule has 3 heterocycles. The van der Waals surface area contributed by atoms with Crippen LogP contribution in [-0.4, -0.2) is 32.6 Å². The van der Waals surface area contributed by atoms with Gasteiger partial charge in [0, 0.05) is 28.7 Å². The Morgan fingerprint density at radius 2 is 1.71 bits per heavy atom. The number of imidazole rings is 1. The molecule has 0 amide bonds. The molecule has 3 aliphatic rings. The summed E-state index contributed by atoms with van der Waals surface area (Å²) < 4.78 is 1.95. The van der Waals surface area contributed by atoms with E-state index >= 15 is 0 Å². The summed E-state index contributed by atoms with van der Waals surface area (Å²) in [6.45, 7) is 2.56. The van der Waals surface area contributed by atoms with E-state index in [4.69, 9.17) is 23.2 Å². The number of rotatable bonds is 3. The molecule has 1 saturated heterocycles. The third-order valence-electron chi connectivity index (χ3n) is 4.43. The zero-order chi connectivity index (χ0) is 16.5. The van der Waals surface area contributed by atoms with Crippen molar-refractivity contribution in [1.82, 2.24) is 19.5 Å². The van der Waals surface area contributed by atoms with Gasteiger partial charge in [-0.15, -0.1) is 0 Å². The van der Waals surface area contributed by atoms with E-state index in [-0.39, 0.29) is 0 Å². The molecular formula is C17H17Cl2N5. The minimum Gasteiger partial charge on any atom is -0.355 e. The van der Waals surface area contributed by atoms with Crippen molar-refractivity contribution in [2.45, 2.75) is 25.8 Å². The predicted octanol–water partition coefficient (Wildman–Crippen LogP) is 4.12. The Labute approximate surface area is 150 Å². The molecule has 5 nitrogen and oxygen atoms in total. The van der Waals surface area contributed by atoms with Crippen molar-refractivity contribution in [3.8, 4) is 11.5 Å². The second-order valence-corrected chi connectivity index (χ2v) is 6.80. The summed E-state index contributed by atoms with van der Waals surface area (Å²) in [5.74, 6) is 1.73. The summed E-state index contributed by atoms with van der Waals surface area (Å²) in [5, 5.41) is 1.28. The quantitative estimate of drug-likeness (QED) is 0.703. The number of hydrogen-bond acceptors (Lipinski definition) is 4. The van der Waals surface area contributed by atoms with Crippen molar-refractivity contribution >= 4 is 29.0 Å². The minimum absolute atomic E-state index is 0.515. The molecule has 124 valence electrons. The summed E-state index contributed by atoms with van der Waals surface area (Å²) in [6.07, 6.45) is 7.07. The highest BCUT2D eigenvalue weighted by molar-refractivity contribution is 6.35. The van der Waals surface area contributed by atoms with Gasteiger partial charge in [0.15, 0.2) is 17.3 Å². The van der Waals surface area contributed by atoms with Crippen LogP contribution >= 0.6 is 23.2 Å². The van der Waals surface area contributed by atoms with E-state index in [2.05, 4.69) is 19.9 Å². The summed E-state index contributed by atoms with van der Waals surface area (Å²) in [4.78, 5) is 15.8. The number of piperidine rings is 1. The van der Waals surface area contributed by atoms with Gasteiger partial charge in [-0.05, 0) is 31.4 Å². The first-order valence-corrected chi connectivity index (χ1v) is 8.83. The molecule has 0 bridgehead atoms. The molecule has 0 aliphatic carbocycles. The van der Waals surface area contributed by atoms with Crippen LogP contribution in [0.15, 0.2) is 30.9 Å². The summed E-state index contributed by atoms with van der Waals surface area (Å²) in [5.41, 5.74) is 1.70. The van der Waals surface area contributed by atoms with Crippen molar-refractivity contribution in [2.24, 2.45) is 0 Å². The van der Waals surface area contributed by atoms with E-state index in [1.54, 1.807) is 12.7 Å². The molecule has 0 N–H and O–H groups in total. The van der Waals surface area contributed by atoms with Gasteiger partial charge in [0.1, 0.15) is 6.33 Å². The van der Waals surface area contributed by atoms with Gasteiger partial charge in [-0.2, -0.15) is 0 Å². The van der Waals surface area contributed by atoms with Crippen molar-refractivity contribution in [2.75, 3.05) is 18.0 Å². The molecule has 24 heavy (non-hydrogen) atoms. The van der Waals surface area contributed by atoms with Gasteiger partial charge in [-0.1, -0.05) is 29.3 Å². The maximum atomic E-state index is 6.30. The topological polar surface area (TPSA) is 46.8 Å². The molecule has 0 aromatic heterocycles. The fraction of sp³-hybridized carbons (Fsp3) is 0.353. The standard InChI is InChI=1S/C17H17Cl2N5/c18-13-5-4-6-14(19)12(13)9-24-11-22-17(15-16(24)21-10-20-15)23-7-2-1-3-8-23/h4-6,10-11H,1-3,7-9H2. The maximum absolute atomic E-state index is 6.30. The Morgan fingerprint density at radius 3 is 2.46 bits per heavy atom. The fourth-order valence-electron chi connectivity index (χ4n) is 3.17. The van der Waals surface area contributed by atoms with Crippen LogP contribution in [0.2, 0.25) is 10.0 Å². The first kappa shape index (κ1) is 15.7. The number of halogens is 2. The molecule has 1 fully saturated rings. The van der Waals surface area contributed by atoms with Crippen LogP contribution in [0.5, 0.6) is 0 Å². The van der Waals surface area contributed by atoms with Crippen molar-refractivity contribution < 1.29 is 0 Å². The lowest BCUT2D eigenvalue weighted by atomic mass is 10.1. The summed E-state index contributed by atoms with van der Waals surface area (Å²) in [6, 6.07) is 5.52. The molecule has 0 saturated carbocycles. The normalized spacial score (nSPS) is 15.2. The monoisotopic (exact) mass is 361 g/mol. The number of aromatic nitrogens is 4. The van der Waals surface area contributed by atoms with E-state index < -0.39 is 0 Å². The van der Waals surface area contributed by atoms with E-state index in [9.17, 15) is 0 Å². The number of anilines is 1. The Balaban J connectivity index is 1.71. The van der Waals surface area contributed by atoms with Crippen LogP contribution in [0.4, 0.5) is 5.82 Å². The molecule has 0 unspecified atom stereocenters. The maximum Gasteiger partial charge on any atom is 0.165 e. The van der Waals surface area contributed by atoms with E-state index in [1.165, 1.54) is 19.3 Å². The van der Waals surface area contributed by atoms with Crippen LogP contribution in [0.3, 0.4) is 0 Å². The van der Waals surface area contributed by atoms with Crippen LogP contribution < -0.4 is 4.90 Å². The molecule has 7 heteroatoms. The molecule has 0 atom stereocenters. The van der Waals surface area contributed by atoms with Crippen molar-refractivity contribution in [1.29, 1.82) is 0 Å². The van der Waals surface area contributed by atoms with Gasteiger partial charge < -0.3 is 9.47 Å². The van der Waals surface area contributed by atoms with E-state index in [1.807, 2.05) is 22.8 Å². The molecule has 3 aliphatic heterocycles. The number of fused-ring (bicyclic) bond motifs is 1. The fourth-order valence-corrected chi connectivity index (χ4v) is 3.69. The summed E-state index contributed by atoms with van der Waals surface area (Å²) >= 11 is 12.6. The van der Waals surface area contributed by atoms with Gasteiger partial charge in [0.2, 0.25) is 0 Å². The van der Waals surface area contributed by atoms with Crippen molar-refractivity contribution in [3.63, 3.8) is 0 Å². The lowest BCUT2D eigenvalue weighted by molar-refractivity contribution is 0.571. The Bertz CT molecular complexity index is 806. The highest BCUT2D eigenvalue weighted by Gasteiger charge is 2.23. The average Bonchev–Trinajstić information content (AvgIpc) is 3.09. The molecule has 0 radical (unpaired) electrons. The number of hydrogen-bond donors (Lipinski definition) is 0. The second-order valence-electron chi connectivity index (χ2n) is 5.99. The molecule has 1 aromatic rings. The lowest BCUT2D eigenvalue weighted by Gasteiger charge is -2.29. The third-order valence-corrected chi connectivity index (χ3v) is 5.14. The van der Waals surface area contributed by atoms with E-state index in [0.29, 0.717) is 16.6 Å². The van der Waals surface area contributed by atoms with Crippen LogP contribution in [-0.2, 0) is 6.54 Å². The zero-order valence-corrected chi connectivity index (χ0v) is 14.6. The average molecular weight is 362 g/mol. The van der Waals surface area contributed by atoms with E-state index in [0.717, 1.165) is 36.0 Å². The molecule has 4 rings (SSSR count). The molecule has 0 spiro atoms. The second kappa shape index (κ2) is 6.57. The smallest absolute Gasteiger partial charge is 0.165 e. The predicted molar refractivity (Wildman–Crippen MR) is 96.1 cm³/mol. The molecular weight excluding hydrogens is 345 g/mol. The van der Waals surface area contributed by atoms with Gasteiger partial charge >= 0.3 is 0 Å². The SMILES string of the molecule is Clc1cccc(Cl)c1Cn1cnc(N2CCCCC2)c2ncnc1-2. The highest BCUT2D eigenvalue weighted by Crippen LogP contribution is 2.31. The summed E-state index contributed by atoms with van der Waals surface area (Å²) in [7, 11) is 0. The Kier molecular flexibility index (Phi) is 4.29. The number of nitrogens with zero attached hydrogens (tertiary/aromatic N) is 5. The van der Waals surface area contributed by atoms with Crippen LogP contribution in [0.25, 0.3) is 11.5 Å². The van der Waals surface area contributed by atoms with Crippen molar-refractivity contribution in [3.05, 3.63) is 46.5 Å². The number of benzene rings is 1. The van der Waals surface area contributed by atoms with Gasteiger partial charge in [0.25, 0.3) is 0 Å². The largest absolute Gasteiger partial charge is 0.355 e. The molecule has 1 aromatic carbocycles. The first-order chi connectivity index (χ1) is 11.7. The first-order valence-electron chi connectivity index (χ1n) is 8.08. The zero-order valence-electron chi connectivity index (χ0n) is 13.1. The van der Waals surface area contributed by atoms with Crippen LogP contribution in [0.1, 0.15) is 24.8 Å². The lowest BCUT2D eigenvalue weighted by Crippen LogP contribution is -2.31. The third kappa shape index (κ3) is 2.82. The van der Waals surface area contributed by atoms with Crippen LogP contribution in [0, 0.1) is 0 Å². The minimum atomic E-state index is 0.515. The Hall–Kier alpha value is -1.85. The Morgan fingerprint density at radius 1 is 0.958 bits per heavy atom.